The van der Waals surface area contributed by atoms with Gasteiger partial charge in [-0.1, -0.05) is 6.07 Å². The summed E-state index contributed by atoms with van der Waals surface area (Å²) in [4.78, 5) is 30.7. The van der Waals surface area contributed by atoms with Crippen molar-refractivity contribution in [2.24, 2.45) is 0 Å². The van der Waals surface area contributed by atoms with E-state index in [1.807, 2.05) is 41.8 Å². The normalized spacial score (nSPS) is 14.4. The average Bonchev–Trinajstić information content (AvgIpc) is 3.28. The molecule has 2 aromatic rings. The first kappa shape index (κ1) is 19.7. The van der Waals surface area contributed by atoms with Gasteiger partial charge >= 0.3 is 0 Å². The Balaban J connectivity index is 1.94. The standard InChI is InChI=1S/C20H22N2O3S2/c1-3-21(4-2)14-7-9-15(10-8-14)22-19(24)17(16-6-5-12-26-16)18(20(22)25)27-13-11-23/h5-10,12,23H,3-4,11,13H2,1-2H3. The molecular formula is C20H22N2O3S2. The number of nitrogens with zero attached hydrogens (tertiary/aromatic N) is 2. The van der Waals surface area contributed by atoms with Gasteiger partial charge in [-0.2, -0.15) is 0 Å². The highest BCUT2D eigenvalue weighted by atomic mass is 32.2. The lowest BCUT2D eigenvalue weighted by Crippen LogP contribution is -2.31. The van der Waals surface area contributed by atoms with E-state index in [4.69, 9.17) is 5.11 Å². The van der Waals surface area contributed by atoms with Gasteiger partial charge in [0.2, 0.25) is 0 Å². The number of aliphatic hydroxyl groups is 1. The van der Waals surface area contributed by atoms with Gasteiger partial charge in [-0.15, -0.1) is 23.1 Å². The number of benzene rings is 1. The number of hydrogen-bond donors (Lipinski definition) is 1. The molecule has 0 aliphatic carbocycles. The first-order valence-electron chi connectivity index (χ1n) is 8.87. The number of imide groups is 1. The number of amides is 2. The Morgan fingerprint density at radius 1 is 1.07 bits per heavy atom. The molecule has 1 N–H and O–H groups in total. The highest BCUT2D eigenvalue weighted by Gasteiger charge is 2.40. The molecule has 0 saturated heterocycles. The molecule has 1 aromatic carbocycles. The molecule has 0 radical (unpaired) electrons. The molecule has 1 aromatic heterocycles. The van der Waals surface area contributed by atoms with E-state index >= 15 is 0 Å². The van der Waals surface area contributed by atoms with Crippen LogP contribution in [0.4, 0.5) is 11.4 Å². The van der Waals surface area contributed by atoms with Crippen molar-refractivity contribution in [2.45, 2.75) is 13.8 Å². The predicted molar refractivity (Wildman–Crippen MR) is 113 cm³/mol. The Kier molecular flexibility index (Phi) is 6.36. The summed E-state index contributed by atoms with van der Waals surface area (Å²) in [5.41, 5.74) is 2.06. The van der Waals surface area contributed by atoms with Gasteiger partial charge in [0.25, 0.3) is 11.8 Å². The molecule has 0 fully saturated rings. The topological polar surface area (TPSA) is 60.9 Å². The second-order valence-corrected chi connectivity index (χ2v) is 7.94. The predicted octanol–water partition coefficient (Wildman–Crippen LogP) is 3.60. The molecule has 5 nitrogen and oxygen atoms in total. The Morgan fingerprint density at radius 2 is 1.78 bits per heavy atom. The number of carbonyl (C=O) groups is 2. The third-order valence-electron chi connectivity index (χ3n) is 4.38. The van der Waals surface area contributed by atoms with Crippen molar-refractivity contribution in [3.8, 4) is 0 Å². The minimum absolute atomic E-state index is 0.0497. The van der Waals surface area contributed by atoms with Gasteiger partial charge in [-0.3, -0.25) is 9.59 Å². The molecule has 0 bridgehead atoms. The maximum atomic E-state index is 13.1. The summed E-state index contributed by atoms with van der Waals surface area (Å²) < 4.78 is 0. The summed E-state index contributed by atoms with van der Waals surface area (Å²) in [6, 6.07) is 11.2. The van der Waals surface area contributed by atoms with E-state index in [2.05, 4.69) is 18.7 Å². The van der Waals surface area contributed by atoms with Gasteiger partial charge in [-0.25, -0.2) is 4.90 Å². The van der Waals surface area contributed by atoms with Gasteiger partial charge in [0.15, 0.2) is 0 Å². The maximum Gasteiger partial charge on any atom is 0.272 e. The summed E-state index contributed by atoms with van der Waals surface area (Å²) in [5.74, 6) is -0.256. The molecule has 0 saturated carbocycles. The van der Waals surface area contributed by atoms with E-state index in [1.165, 1.54) is 28.0 Å². The summed E-state index contributed by atoms with van der Waals surface area (Å²) in [6.45, 7) is 5.92. The zero-order valence-corrected chi connectivity index (χ0v) is 17.0. The Morgan fingerprint density at radius 3 is 2.33 bits per heavy atom. The molecular weight excluding hydrogens is 380 g/mol. The smallest absolute Gasteiger partial charge is 0.272 e. The lowest BCUT2D eigenvalue weighted by Gasteiger charge is -2.22. The Hall–Kier alpha value is -2.09. The van der Waals surface area contributed by atoms with Crippen molar-refractivity contribution in [3.05, 3.63) is 51.6 Å². The summed E-state index contributed by atoms with van der Waals surface area (Å²) >= 11 is 2.66. The molecule has 3 rings (SSSR count). The second-order valence-electron chi connectivity index (χ2n) is 5.89. The van der Waals surface area contributed by atoms with Crippen molar-refractivity contribution >= 4 is 51.9 Å². The van der Waals surface area contributed by atoms with Crippen molar-refractivity contribution in [1.29, 1.82) is 0 Å². The van der Waals surface area contributed by atoms with Crippen LogP contribution in [0.5, 0.6) is 0 Å². The SMILES string of the molecule is CCN(CC)c1ccc(N2C(=O)C(SCCO)=C(c3cccs3)C2=O)cc1. The number of rotatable bonds is 8. The van der Waals surface area contributed by atoms with Crippen LogP contribution in [0.2, 0.25) is 0 Å². The number of anilines is 2. The van der Waals surface area contributed by atoms with Crippen molar-refractivity contribution < 1.29 is 14.7 Å². The third-order valence-corrected chi connectivity index (χ3v) is 6.32. The molecule has 1 aliphatic rings. The van der Waals surface area contributed by atoms with E-state index in [0.717, 1.165) is 23.7 Å². The summed E-state index contributed by atoms with van der Waals surface area (Å²) in [5, 5.41) is 11.0. The van der Waals surface area contributed by atoms with Crippen molar-refractivity contribution in [2.75, 3.05) is 35.2 Å². The van der Waals surface area contributed by atoms with Crippen LogP contribution >= 0.6 is 23.1 Å². The van der Waals surface area contributed by atoms with E-state index in [-0.39, 0.29) is 18.4 Å². The summed E-state index contributed by atoms with van der Waals surface area (Å²) in [7, 11) is 0. The van der Waals surface area contributed by atoms with E-state index < -0.39 is 0 Å². The van der Waals surface area contributed by atoms with Crippen LogP contribution in [0.3, 0.4) is 0 Å². The molecule has 0 unspecified atom stereocenters. The first-order chi connectivity index (χ1) is 13.1. The zero-order chi connectivity index (χ0) is 19.4. The molecule has 142 valence electrons. The highest BCUT2D eigenvalue weighted by molar-refractivity contribution is 8.04. The molecule has 7 heteroatoms. The number of carbonyl (C=O) groups excluding carboxylic acids is 2. The van der Waals surface area contributed by atoms with Crippen LogP contribution in [0.15, 0.2) is 46.7 Å². The Bertz CT molecular complexity index is 841. The first-order valence-corrected chi connectivity index (χ1v) is 10.7. The van der Waals surface area contributed by atoms with Crippen LogP contribution in [-0.2, 0) is 9.59 Å². The van der Waals surface area contributed by atoms with Crippen LogP contribution < -0.4 is 9.80 Å². The fourth-order valence-electron chi connectivity index (χ4n) is 3.07. The molecule has 27 heavy (non-hydrogen) atoms. The van der Waals surface area contributed by atoms with Crippen molar-refractivity contribution in [3.63, 3.8) is 0 Å². The number of thiophene rings is 1. The van der Waals surface area contributed by atoms with Crippen LogP contribution in [0.25, 0.3) is 5.57 Å². The van der Waals surface area contributed by atoms with Crippen LogP contribution in [0, 0.1) is 0 Å². The minimum Gasteiger partial charge on any atom is -0.396 e. The number of thioether (sulfide) groups is 1. The number of aliphatic hydroxyl groups excluding tert-OH is 1. The lowest BCUT2D eigenvalue weighted by atomic mass is 10.2. The van der Waals surface area contributed by atoms with Gasteiger partial charge in [0.1, 0.15) is 0 Å². The van der Waals surface area contributed by atoms with Gasteiger partial charge in [0.05, 0.1) is 22.8 Å². The van der Waals surface area contributed by atoms with Gasteiger partial charge in [-0.05, 0) is 49.6 Å². The van der Waals surface area contributed by atoms with Crippen LogP contribution in [-0.4, -0.2) is 42.4 Å². The quantitative estimate of drug-likeness (QED) is 0.684. The minimum atomic E-state index is -0.322. The molecule has 0 spiro atoms. The lowest BCUT2D eigenvalue weighted by molar-refractivity contribution is -0.119. The van der Waals surface area contributed by atoms with Crippen molar-refractivity contribution in [1.82, 2.24) is 0 Å². The fourth-order valence-corrected chi connectivity index (χ4v) is 4.75. The monoisotopic (exact) mass is 402 g/mol. The fraction of sp³-hybridized carbons (Fsp3) is 0.300. The summed E-state index contributed by atoms with van der Waals surface area (Å²) in [6.07, 6.45) is 0. The molecule has 2 amide bonds. The maximum absolute atomic E-state index is 13.1. The average molecular weight is 403 g/mol. The van der Waals surface area contributed by atoms with E-state index in [9.17, 15) is 9.59 Å². The van der Waals surface area contributed by atoms with E-state index in [1.54, 1.807) is 0 Å². The third kappa shape index (κ3) is 3.81. The second kappa shape index (κ2) is 8.73. The van der Waals surface area contributed by atoms with Gasteiger partial charge < -0.3 is 10.0 Å². The molecule has 2 heterocycles. The van der Waals surface area contributed by atoms with E-state index in [0.29, 0.717) is 21.9 Å². The van der Waals surface area contributed by atoms with Gasteiger partial charge in [0, 0.05) is 29.4 Å². The molecule has 0 atom stereocenters. The highest BCUT2D eigenvalue weighted by Crippen LogP contribution is 2.39. The van der Waals surface area contributed by atoms with Crippen LogP contribution in [0.1, 0.15) is 18.7 Å². The Labute approximate surface area is 167 Å². The zero-order valence-electron chi connectivity index (χ0n) is 15.3. The molecule has 1 aliphatic heterocycles. The largest absolute Gasteiger partial charge is 0.396 e. The number of hydrogen-bond acceptors (Lipinski definition) is 6.